The van der Waals surface area contributed by atoms with Gasteiger partial charge in [-0.05, 0) is 32.5 Å². The molecule has 0 spiro atoms. The summed E-state index contributed by atoms with van der Waals surface area (Å²) in [5, 5.41) is 3.07. The molecule has 0 aliphatic carbocycles. The van der Waals surface area contributed by atoms with E-state index in [0.29, 0.717) is 18.9 Å². The van der Waals surface area contributed by atoms with Crippen LogP contribution in [0.3, 0.4) is 0 Å². The van der Waals surface area contributed by atoms with E-state index in [1.165, 1.54) is 0 Å². The number of hydrogen-bond donors (Lipinski definition) is 2. The lowest BCUT2D eigenvalue weighted by Crippen LogP contribution is -2.32. The van der Waals surface area contributed by atoms with Crippen molar-refractivity contribution in [2.24, 2.45) is 11.7 Å². The molecule has 1 amide bonds. The summed E-state index contributed by atoms with van der Waals surface area (Å²) in [5.41, 5.74) is 5.57. The summed E-state index contributed by atoms with van der Waals surface area (Å²) in [6.45, 7) is 4.45. The SMILES string of the molecule is CCC(CN)CC(=O)N(C)CCCNC. The molecule has 0 aliphatic heterocycles. The van der Waals surface area contributed by atoms with E-state index < -0.39 is 0 Å². The van der Waals surface area contributed by atoms with Gasteiger partial charge in [-0.15, -0.1) is 0 Å². The first-order valence-corrected chi connectivity index (χ1v) is 5.74. The molecule has 0 aromatic carbocycles. The summed E-state index contributed by atoms with van der Waals surface area (Å²) < 4.78 is 0. The molecule has 90 valence electrons. The van der Waals surface area contributed by atoms with Crippen molar-refractivity contribution >= 4 is 5.91 Å². The third-order valence-electron chi connectivity index (χ3n) is 2.72. The zero-order valence-electron chi connectivity index (χ0n) is 10.3. The number of nitrogens with two attached hydrogens (primary N) is 1. The molecule has 0 aromatic rings. The zero-order valence-corrected chi connectivity index (χ0v) is 10.3. The second kappa shape index (κ2) is 8.68. The van der Waals surface area contributed by atoms with Gasteiger partial charge in [0.2, 0.25) is 5.91 Å². The Hall–Kier alpha value is -0.610. The van der Waals surface area contributed by atoms with E-state index in [4.69, 9.17) is 5.73 Å². The predicted molar refractivity (Wildman–Crippen MR) is 63.6 cm³/mol. The van der Waals surface area contributed by atoms with Gasteiger partial charge in [0.25, 0.3) is 0 Å². The van der Waals surface area contributed by atoms with Crippen LogP contribution in [-0.2, 0) is 4.79 Å². The number of carbonyl (C=O) groups excluding carboxylic acids is 1. The van der Waals surface area contributed by atoms with Crippen LogP contribution in [0.5, 0.6) is 0 Å². The van der Waals surface area contributed by atoms with Gasteiger partial charge in [0.15, 0.2) is 0 Å². The molecule has 1 atom stereocenters. The first-order valence-electron chi connectivity index (χ1n) is 5.74. The Labute approximate surface area is 93.2 Å². The van der Waals surface area contributed by atoms with Crippen LogP contribution >= 0.6 is 0 Å². The number of rotatable bonds is 8. The van der Waals surface area contributed by atoms with Gasteiger partial charge in [-0.1, -0.05) is 13.3 Å². The smallest absolute Gasteiger partial charge is 0.222 e. The number of hydrogen-bond acceptors (Lipinski definition) is 3. The topological polar surface area (TPSA) is 58.4 Å². The Bertz CT molecular complexity index is 169. The van der Waals surface area contributed by atoms with Crippen LogP contribution < -0.4 is 11.1 Å². The van der Waals surface area contributed by atoms with Crippen LogP contribution in [-0.4, -0.2) is 44.5 Å². The van der Waals surface area contributed by atoms with E-state index in [0.717, 1.165) is 25.9 Å². The van der Waals surface area contributed by atoms with Crippen molar-refractivity contribution in [3.63, 3.8) is 0 Å². The van der Waals surface area contributed by atoms with Gasteiger partial charge in [0.05, 0.1) is 0 Å². The quantitative estimate of drug-likeness (QED) is 0.577. The minimum absolute atomic E-state index is 0.211. The summed E-state index contributed by atoms with van der Waals surface area (Å²) >= 11 is 0. The molecule has 4 heteroatoms. The fourth-order valence-corrected chi connectivity index (χ4v) is 1.41. The van der Waals surface area contributed by atoms with Gasteiger partial charge < -0.3 is 16.0 Å². The van der Waals surface area contributed by atoms with Gasteiger partial charge in [-0.25, -0.2) is 0 Å². The average molecular weight is 215 g/mol. The molecule has 0 aliphatic rings. The molecular weight excluding hydrogens is 190 g/mol. The van der Waals surface area contributed by atoms with E-state index in [-0.39, 0.29) is 5.91 Å². The van der Waals surface area contributed by atoms with Crippen LogP contribution in [0.4, 0.5) is 0 Å². The maximum Gasteiger partial charge on any atom is 0.222 e. The number of nitrogens with one attached hydrogen (secondary N) is 1. The molecule has 15 heavy (non-hydrogen) atoms. The summed E-state index contributed by atoms with van der Waals surface area (Å²) in [7, 11) is 3.78. The van der Waals surface area contributed by atoms with E-state index in [9.17, 15) is 4.79 Å². The minimum Gasteiger partial charge on any atom is -0.346 e. The molecule has 1 unspecified atom stereocenters. The molecular formula is C11H25N3O. The fraction of sp³-hybridized carbons (Fsp3) is 0.909. The molecule has 0 heterocycles. The van der Waals surface area contributed by atoms with Crippen molar-refractivity contribution in [3.05, 3.63) is 0 Å². The average Bonchev–Trinajstić information content (AvgIpc) is 2.25. The first-order chi connectivity index (χ1) is 7.15. The molecule has 4 nitrogen and oxygen atoms in total. The van der Waals surface area contributed by atoms with Gasteiger partial charge in [0.1, 0.15) is 0 Å². The van der Waals surface area contributed by atoms with Crippen molar-refractivity contribution in [1.82, 2.24) is 10.2 Å². The summed E-state index contributed by atoms with van der Waals surface area (Å²) in [6.07, 6.45) is 2.56. The van der Waals surface area contributed by atoms with Crippen molar-refractivity contribution in [2.75, 3.05) is 33.7 Å². The highest BCUT2D eigenvalue weighted by molar-refractivity contribution is 5.76. The van der Waals surface area contributed by atoms with Crippen LogP contribution in [0.2, 0.25) is 0 Å². The Morgan fingerprint density at radius 3 is 2.67 bits per heavy atom. The van der Waals surface area contributed by atoms with Crippen molar-refractivity contribution in [1.29, 1.82) is 0 Å². The third-order valence-corrected chi connectivity index (χ3v) is 2.72. The van der Waals surface area contributed by atoms with Crippen LogP contribution in [0.1, 0.15) is 26.2 Å². The van der Waals surface area contributed by atoms with E-state index >= 15 is 0 Å². The highest BCUT2D eigenvalue weighted by Gasteiger charge is 2.13. The normalized spacial score (nSPS) is 12.5. The lowest BCUT2D eigenvalue weighted by molar-refractivity contribution is -0.130. The first kappa shape index (κ1) is 14.4. The number of amides is 1. The predicted octanol–water partition coefficient (Wildman–Crippen LogP) is 0.429. The molecule has 0 bridgehead atoms. The van der Waals surface area contributed by atoms with Crippen molar-refractivity contribution < 1.29 is 4.79 Å². The molecule has 0 saturated carbocycles. The van der Waals surface area contributed by atoms with Gasteiger partial charge in [0, 0.05) is 20.0 Å². The number of nitrogens with zero attached hydrogens (tertiary/aromatic N) is 1. The van der Waals surface area contributed by atoms with Gasteiger partial charge >= 0.3 is 0 Å². The van der Waals surface area contributed by atoms with Gasteiger partial charge in [-0.2, -0.15) is 0 Å². The highest BCUT2D eigenvalue weighted by Crippen LogP contribution is 2.08. The molecule has 0 fully saturated rings. The minimum atomic E-state index is 0.211. The van der Waals surface area contributed by atoms with Crippen LogP contribution in [0.25, 0.3) is 0 Å². The number of carbonyl (C=O) groups is 1. The van der Waals surface area contributed by atoms with Crippen molar-refractivity contribution in [3.8, 4) is 0 Å². The third kappa shape index (κ3) is 6.47. The maximum absolute atomic E-state index is 11.7. The molecule has 0 rings (SSSR count). The Morgan fingerprint density at radius 1 is 1.53 bits per heavy atom. The second-order valence-electron chi connectivity index (χ2n) is 3.99. The lowest BCUT2D eigenvalue weighted by atomic mass is 10.0. The molecule has 0 aromatic heterocycles. The van der Waals surface area contributed by atoms with Gasteiger partial charge in [-0.3, -0.25) is 4.79 Å². The van der Waals surface area contributed by atoms with Crippen LogP contribution in [0, 0.1) is 5.92 Å². The molecule has 0 saturated heterocycles. The molecule has 3 N–H and O–H groups in total. The zero-order chi connectivity index (χ0) is 11.7. The largest absolute Gasteiger partial charge is 0.346 e. The standard InChI is InChI=1S/C11H25N3O/c1-4-10(9-12)8-11(15)14(3)7-5-6-13-2/h10,13H,4-9,12H2,1-3H3. The monoisotopic (exact) mass is 215 g/mol. The van der Waals surface area contributed by atoms with Crippen LogP contribution in [0.15, 0.2) is 0 Å². The summed E-state index contributed by atoms with van der Waals surface area (Å²) in [6, 6.07) is 0. The molecule has 0 radical (unpaired) electrons. The Kier molecular flexibility index (Phi) is 8.33. The van der Waals surface area contributed by atoms with E-state index in [1.54, 1.807) is 4.90 Å². The fourth-order valence-electron chi connectivity index (χ4n) is 1.41. The lowest BCUT2D eigenvalue weighted by Gasteiger charge is -2.20. The summed E-state index contributed by atoms with van der Waals surface area (Å²) in [5.74, 6) is 0.549. The van der Waals surface area contributed by atoms with E-state index in [1.807, 2.05) is 14.1 Å². The summed E-state index contributed by atoms with van der Waals surface area (Å²) in [4.78, 5) is 13.5. The Morgan fingerprint density at radius 2 is 2.20 bits per heavy atom. The van der Waals surface area contributed by atoms with Crippen molar-refractivity contribution in [2.45, 2.75) is 26.2 Å². The van der Waals surface area contributed by atoms with E-state index in [2.05, 4.69) is 12.2 Å². The maximum atomic E-state index is 11.7. The Balaban J connectivity index is 3.77. The second-order valence-corrected chi connectivity index (χ2v) is 3.99. The highest BCUT2D eigenvalue weighted by atomic mass is 16.2.